The van der Waals surface area contributed by atoms with E-state index in [4.69, 9.17) is 4.98 Å². The average molecular weight is 210 g/mol. The molecule has 1 aliphatic rings. The van der Waals surface area contributed by atoms with Gasteiger partial charge in [-0.1, -0.05) is 13.8 Å². The molecule has 1 fully saturated rings. The summed E-state index contributed by atoms with van der Waals surface area (Å²) in [6.45, 7) is 7.62. The van der Waals surface area contributed by atoms with Crippen molar-refractivity contribution >= 4 is 11.3 Å². The van der Waals surface area contributed by atoms with Gasteiger partial charge in [0, 0.05) is 17.3 Å². The van der Waals surface area contributed by atoms with Gasteiger partial charge in [-0.05, 0) is 25.8 Å². The molecule has 78 valence electrons. The first-order valence-corrected chi connectivity index (χ1v) is 6.29. The number of thiazole rings is 1. The highest BCUT2D eigenvalue weighted by atomic mass is 32.1. The molecule has 1 aromatic heterocycles. The van der Waals surface area contributed by atoms with Crippen molar-refractivity contribution in [2.45, 2.75) is 39.2 Å². The van der Waals surface area contributed by atoms with Gasteiger partial charge in [-0.25, -0.2) is 4.98 Å². The molecular formula is C11H18N2S. The van der Waals surface area contributed by atoms with Crippen LogP contribution in [0, 0.1) is 5.92 Å². The largest absolute Gasteiger partial charge is 0.309 e. The smallest absolute Gasteiger partial charge is 0.0962 e. The second-order valence-electron chi connectivity index (χ2n) is 4.21. The van der Waals surface area contributed by atoms with Gasteiger partial charge in [0.25, 0.3) is 0 Å². The summed E-state index contributed by atoms with van der Waals surface area (Å²) in [5.41, 5.74) is 1.21. The minimum Gasteiger partial charge on any atom is -0.309 e. The highest BCUT2D eigenvalue weighted by Crippen LogP contribution is 2.48. The summed E-state index contributed by atoms with van der Waals surface area (Å²) in [7, 11) is 0. The summed E-state index contributed by atoms with van der Waals surface area (Å²) < 4.78 is 0. The van der Waals surface area contributed by atoms with Gasteiger partial charge in [0.05, 0.1) is 10.7 Å². The van der Waals surface area contributed by atoms with E-state index in [1.165, 1.54) is 17.1 Å². The van der Waals surface area contributed by atoms with Crippen LogP contribution >= 0.6 is 11.3 Å². The van der Waals surface area contributed by atoms with Gasteiger partial charge in [-0.3, -0.25) is 0 Å². The maximum atomic E-state index is 4.70. The number of nitrogens with zero attached hydrogens (tertiary/aromatic N) is 1. The molecule has 1 heterocycles. The van der Waals surface area contributed by atoms with Crippen molar-refractivity contribution in [3.8, 4) is 0 Å². The highest BCUT2D eigenvalue weighted by Gasteiger charge is 2.36. The third kappa shape index (κ3) is 1.98. The van der Waals surface area contributed by atoms with Gasteiger partial charge < -0.3 is 5.32 Å². The molecule has 2 rings (SSSR count). The Morgan fingerprint density at radius 2 is 2.43 bits per heavy atom. The lowest BCUT2D eigenvalue weighted by Crippen LogP contribution is -2.17. The van der Waals surface area contributed by atoms with E-state index in [0.29, 0.717) is 6.04 Å². The molecule has 3 heteroatoms. The maximum Gasteiger partial charge on any atom is 0.0962 e. The van der Waals surface area contributed by atoms with Gasteiger partial charge >= 0.3 is 0 Å². The zero-order valence-corrected chi connectivity index (χ0v) is 9.90. The van der Waals surface area contributed by atoms with E-state index in [-0.39, 0.29) is 0 Å². The Bertz CT molecular complexity index is 308. The Labute approximate surface area is 89.8 Å². The molecule has 0 aromatic carbocycles. The molecule has 2 nitrogen and oxygen atoms in total. The average Bonchev–Trinajstić information content (AvgIpc) is 2.70. The number of hydrogen-bond acceptors (Lipinski definition) is 3. The lowest BCUT2D eigenvalue weighted by Gasteiger charge is -2.08. The number of hydrogen-bond donors (Lipinski definition) is 1. The monoisotopic (exact) mass is 210 g/mol. The molecule has 1 saturated carbocycles. The molecule has 0 spiro atoms. The summed E-state index contributed by atoms with van der Waals surface area (Å²) in [6.07, 6.45) is 1.34. The van der Waals surface area contributed by atoms with Crippen molar-refractivity contribution in [3.05, 3.63) is 16.1 Å². The molecular weight excluding hydrogens is 192 g/mol. The van der Waals surface area contributed by atoms with Crippen molar-refractivity contribution in [2.75, 3.05) is 6.54 Å². The molecule has 14 heavy (non-hydrogen) atoms. The molecule has 0 saturated heterocycles. The molecule has 0 amide bonds. The van der Waals surface area contributed by atoms with Crippen LogP contribution in [0.5, 0.6) is 0 Å². The molecule has 3 atom stereocenters. The van der Waals surface area contributed by atoms with Crippen LogP contribution < -0.4 is 5.32 Å². The summed E-state index contributed by atoms with van der Waals surface area (Å²) in [6, 6.07) is 0.402. The first-order valence-electron chi connectivity index (χ1n) is 5.41. The lowest BCUT2D eigenvalue weighted by atomic mass is 10.2. The van der Waals surface area contributed by atoms with Gasteiger partial charge in [0.1, 0.15) is 0 Å². The van der Waals surface area contributed by atoms with Gasteiger partial charge in [0.2, 0.25) is 0 Å². The minimum atomic E-state index is 0.402. The third-order valence-corrected chi connectivity index (χ3v) is 3.92. The quantitative estimate of drug-likeness (QED) is 0.826. The second-order valence-corrected chi connectivity index (χ2v) is 5.10. The van der Waals surface area contributed by atoms with E-state index in [2.05, 4.69) is 31.5 Å². The molecule has 0 aliphatic heterocycles. The first-order chi connectivity index (χ1) is 6.72. The topological polar surface area (TPSA) is 24.9 Å². The predicted octanol–water partition coefficient (Wildman–Crippen LogP) is 2.94. The third-order valence-electron chi connectivity index (χ3n) is 2.92. The van der Waals surface area contributed by atoms with Crippen LogP contribution in [0.3, 0.4) is 0 Å². The SMILES string of the molecule is CCNC(C)c1csc(C2CC2C)n1. The predicted molar refractivity (Wildman–Crippen MR) is 60.7 cm³/mol. The Morgan fingerprint density at radius 1 is 1.71 bits per heavy atom. The van der Waals surface area contributed by atoms with Crippen molar-refractivity contribution < 1.29 is 0 Å². The fourth-order valence-corrected chi connectivity index (χ4v) is 2.91. The normalized spacial score (nSPS) is 27.6. The summed E-state index contributed by atoms with van der Waals surface area (Å²) >= 11 is 1.83. The van der Waals surface area contributed by atoms with Gasteiger partial charge in [-0.15, -0.1) is 11.3 Å². The highest BCUT2D eigenvalue weighted by molar-refractivity contribution is 7.09. The molecule has 3 unspecified atom stereocenters. The van der Waals surface area contributed by atoms with Crippen LogP contribution in [0.2, 0.25) is 0 Å². The van der Waals surface area contributed by atoms with E-state index in [1.54, 1.807) is 0 Å². The van der Waals surface area contributed by atoms with Crippen LogP contribution in [0.1, 0.15) is 49.9 Å². The summed E-state index contributed by atoms with van der Waals surface area (Å²) in [4.78, 5) is 4.70. The standard InChI is InChI=1S/C11H18N2S/c1-4-12-8(3)10-6-14-11(13-10)9-5-7(9)2/h6-9,12H,4-5H2,1-3H3. The number of rotatable bonds is 4. The van der Waals surface area contributed by atoms with Crippen molar-refractivity contribution in [2.24, 2.45) is 5.92 Å². The van der Waals surface area contributed by atoms with Crippen LogP contribution in [-0.4, -0.2) is 11.5 Å². The minimum absolute atomic E-state index is 0.402. The molecule has 1 N–H and O–H groups in total. The molecule has 0 bridgehead atoms. The summed E-state index contributed by atoms with van der Waals surface area (Å²) in [5.74, 6) is 1.63. The zero-order valence-electron chi connectivity index (χ0n) is 9.08. The van der Waals surface area contributed by atoms with Crippen LogP contribution in [0.25, 0.3) is 0 Å². The van der Waals surface area contributed by atoms with E-state index in [1.807, 2.05) is 11.3 Å². The number of nitrogens with one attached hydrogen (secondary N) is 1. The van der Waals surface area contributed by atoms with Crippen molar-refractivity contribution in [1.29, 1.82) is 0 Å². The summed E-state index contributed by atoms with van der Waals surface area (Å²) in [5, 5.41) is 6.94. The Balaban J connectivity index is 2.02. The fraction of sp³-hybridized carbons (Fsp3) is 0.727. The molecule has 1 aromatic rings. The van der Waals surface area contributed by atoms with E-state index in [9.17, 15) is 0 Å². The van der Waals surface area contributed by atoms with E-state index >= 15 is 0 Å². The Hall–Kier alpha value is -0.410. The van der Waals surface area contributed by atoms with Crippen molar-refractivity contribution in [3.63, 3.8) is 0 Å². The first kappa shape index (κ1) is 10.1. The lowest BCUT2D eigenvalue weighted by molar-refractivity contribution is 0.584. The van der Waals surface area contributed by atoms with E-state index in [0.717, 1.165) is 18.4 Å². The van der Waals surface area contributed by atoms with Gasteiger partial charge in [0.15, 0.2) is 0 Å². The van der Waals surface area contributed by atoms with Crippen LogP contribution in [-0.2, 0) is 0 Å². The van der Waals surface area contributed by atoms with Crippen molar-refractivity contribution in [1.82, 2.24) is 10.3 Å². The second kappa shape index (κ2) is 3.99. The molecule has 0 radical (unpaired) electrons. The fourth-order valence-electron chi connectivity index (χ4n) is 1.75. The molecule has 1 aliphatic carbocycles. The zero-order chi connectivity index (χ0) is 10.1. The Morgan fingerprint density at radius 3 is 3.00 bits per heavy atom. The van der Waals surface area contributed by atoms with Crippen LogP contribution in [0.4, 0.5) is 0 Å². The van der Waals surface area contributed by atoms with E-state index < -0.39 is 0 Å². The Kier molecular flexibility index (Phi) is 2.88. The van der Waals surface area contributed by atoms with Gasteiger partial charge in [-0.2, -0.15) is 0 Å². The maximum absolute atomic E-state index is 4.70. The number of aromatic nitrogens is 1. The van der Waals surface area contributed by atoms with Crippen LogP contribution in [0.15, 0.2) is 5.38 Å².